The molecule has 0 aliphatic carbocycles. The summed E-state index contributed by atoms with van der Waals surface area (Å²) >= 11 is 6.31. The minimum atomic E-state index is -5.09. The van der Waals surface area contributed by atoms with Gasteiger partial charge in [-0.2, -0.15) is 13.2 Å². The summed E-state index contributed by atoms with van der Waals surface area (Å²) < 4.78 is 57.4. The van der Waals surface area contributed by atoms with Gasteiger partial charge in [-0.15, -0.1) is 0 Å². The molecule has 244 valence electrons. The van der Waals surface area contributed by atoms with E-state index < -0.39 is 34.8 Å². The SMILES string of the molecule is COc1cc(CC(=O)O)ccc1OC1CCN(CC(O)(c2cn(Cc3ccccc3Cl)c3cc([N+](=O)[O-])ccc23)C(F)(F)F)CC1. The molecule has 0 saturated carbocycles. The first-order valence-corrected chi connectivity index (χ1v) is 14.7. The molecular formula is C32H31ClF3N3O7. The van der Waals surface area contributed by atoms with E-state index in [2.05, 4.69) is 0 Å². The van der Waals surface area contributed by atoms with Crippen LogP contribution >= 0.6 is 11.6 Å². The smallest absolute Gasteiger partial charge is 0.422 e. The van der Waals surface area contributed by atoms with E-state index >= 15 is 0 Å². The van der Waals surface area contributed by atoms with Crippen molar-refractivity contribution in [3.63, 3.8) is 0 Å². The fourth-order valence-electron chi connectivity index (χ4n) is 5.77. The number of hydrogen-bond donors (Lipinski definition) is 2. The van der Waals surface area contributed by atoms with Crippen LogP contribution in [0.5, 0.6) is 11.5 Å². The van der Waals surface area contributed by atoms with Gasteiger partial charge in [-0.3, -0.25) is 19.8 Å². The molecule has 1 unspecified atom stereocenters. The van der Waals surface area contributed by atoms with Crippen molar-refractivity contribution in [2.24, 2.45) is 0 Å². The summed E-state index contributed by atoms with van der Waals surface area (Å²) in [6, 6.07) is 15.1. The number of nitro benzene ring substituents is 1. The van der Waals surface area contributed by atoms with Gasteiger partial charge in [-0.05, 0) is 48.2 Å². The number of ether oxygens (including phenoxy) is 2. The minimum absolute atomic E-state index is 0.0226. The highest BCUT2D eigenvalue weighted by Crippen LogP contribution is 2.44. The normalized spacial score (nSPS) is 15.9. The van der Waals surface area contributed by atoms with Gasteiger partial charge in [-0.1, -0.05) is 35.9 Å². The van der Waals surface area contributed by atoms with Crippen LogP contribution in [-0.4, -0.2) is 69.6 Å². The second-order valence-electron chi connectivity index (χ2n) is 11.2. The number of non-ortho nitro benzene ring substituents is 1. The lowest BCUT2D eigenvalue weighted by Crippen LogP contribution is -2.53. The van der Waals surface area contributed by atoms with Gasteiger partial charge in [0.25, 0.3) is 5.69 Å². The monoisotopic (exact) mass is 661 g/mol. The molecular weight excluding hydrogens is 631 g/mol. The summed E-state index contributed by atoms with van der Waals surface area (Å²) in [6.45, 7) is -0.369. The minimum Gasteiger partial charge on any atom is -0.493 e. The molecule has 0 amide bonds. The fourth-order valence-corrected chi connectivity index (χ4v) is 5.97. The Morgan fingerprint density at radius 1 is 1.09 bits per heavy atom. The molecule has 1 aliphatic heterocycles. The number of aliphatic carboxylic acids is 1. The maximum atomic E-state index is 14.8. The van der Waals surface area contributed by atoms with Gasteiger partial charge < -0.3 is 24.3 Å². The molecule has 0 spiro atoms. The Labute approximate surface area is 266 Å². The summed E-state index contributed by atoms with van der Waals surface area (Å²) in [5.41, 5.74) is -2.75. The molecule has 1 atom stereocenters. The topological polar surface area (TPSA) is 127 Å². The van der Waals surface area contributed by atoms with E-state index in [1.165, 1.54) is 34.9 Å². The quantitative estimate of drug-likeness (QED) is 0.144. The van der Waals surface area contributed by atoms with Crippen molar-refractivity contribution in [3.8, 4) is 11.5 Å². The Morgan fingerprint density at radius 3 is 2.43 bits per heavy atom. The molecule has 0 bridgehead atoms. The Balaban J connectivity index is 1.39. The van der Waals surface area contributed by atoms with Gasteiger partial charge in [0.05, 0.1) is 24.0 Å². The number of hydrogen-bond acceptors (Lipinski definition) is 7. The summed E-state index contributed by atoms with van der Waals surface area (Å²) in [5.74, 6) is -0.253. The number of likely N-dealkylation sites (tertiary alicyclic amines) is 1. The van der Waals surface area contributed by atoms with E-state index in [1.54, 1.807) is 42.5 Å². The molecule has 0 radical (unpaired) electrons. The van der Waals surface area contributed by atoms with Gasteiger partial charge in [0, 0.05) is 60.5 Å². The number of carbonyl (C=O) groups is 1. The van der Waals surface area contributed by atoms with E-state index in [-0.39, 0.29) is 48.7 Å². The third-order valence-electron chi connectivity index (χ3n) is 8.15. The Hall–Kier alpha value is -4.33. The zero-order valence-corrected chi connectivity index (χ0v) is 25.4. The van der Waals surface area contributed by atoms with Crippen molar-refractivity contribution in [3.05, 3.63) is 98.7 Å². The molecule has 5 rings (SSSR count). The van der Waals surface area contributed by atoms with Crippen LogP contribution in [0, 0.1) is 10.1 Å². The molecule has 10 nitrogen and oxygen atoms in total. The molecule has 14 heteroatoms. The number of carboxylic acids is 1. The van der Waals surface area contributed by atoms with Crippen LogP contribution in [0.15, 0.2) is 66.9 Å². The lowest BCUT2D eigenvalue weighted by Gasteiger charge is -2.39. The number of nitro groups is 1. The second-order valence-corrected chi connectivity index (χ2v) is 11.6. The molecule has 1 saturated heterocycles. The van der Waals surface area contributed by atoms with Crippen LogP contribution in [0.3, 0.4) is 0 Å². The number of carboxylic acid groups (broad SMARTS) is 1. The molecule has 2 N–H and O–H groups in total. The second kappa shape index (κ2) is 13.2. The van der Waals surface area contributed by atoms with Crippen molar-refractivity contribution in [2.75, 3.05) is 26.7 Å². The number of aromatic nitrogens is 1. The van der Waals surface area contributed by atoms with Crippen LogP contribution in [0.4, 0.5) is 18.9 Å². The number of alkyl halides is 3. The van der Waals surface area contributed by atoms with E-state index in [0.29, 0.717) is 40.5 Å². The molecule has 3 aromatic carbocycles. The van der Waals surface area contributed by atoms with E-state index in [0.717, 1.165) is 6.07 Å². The van der Waals surface area contributed by atoms with Gasteiger partial charge in [0.15, 0.2) is 11.5 Å². The van der Waals surface area contributed by atoms with Crippen LogP contribution in [0.25, 0.3) is 10.9 Å². The first-order valence-electron chi connectivity index (χ1n) is 14.4. The zero-order chi connectivity index (χ0) is 33.2. The number of methoxy groups -OCH3 is 1. The fraction of sp³-hybridized carbons (Fsp3) is 0.344. The predicted octanol–water partition coefficient (Wildman–Crippen LogP) is 6.18. The summed E-state index contributed by atoms with van der Waals surface area (Å²) in [7, 11) is 1.43. The number of benzene rings is 3. The van der Waals surface area contributed by atoms with Crippen LogP contribution < -0.4 is 9.47 Å². The van der Waals surface area contributed by atoms with Crippen LogP contribution in [0.1, 0.15) is 29.5 Å². The summed E-state index contributed by atoms with van der Waals surface area (Å²) in [6.07, 6.45) is -3.72. The largest absolute Gasteiger partial charge is 0.493 e. The van der Waals surface area contributed by atoms with Crippen molar-refractivity contribution < 1.29 is 42.6 Å². The molecule has 4 aromatic rings. The first-order chi connectivity index (χ1) is 21.8. The number of rotatable bonds is 11. The van der Waals surface area contributed by atoms with E-state index in [9.17, 15) is 33.2 Å². The third-order valence-corrected chi connectivity index (χ3v) is 8.52. The van der Waals surface area contributed by atoms with Gasteiger partial charge in [0.1, 0.15) is 6.10 Å². The molecule has 46 heavy (non-hydrogen) atoms. The number of nitrogens with zero attached hydrogens (tertiary/aromatic N) is 3. The summed E-state index contributed by atoms with van der Waals surface area (Å²) in [5, 5.41) is 32.5. The average Bonchev–Trinajstić information content (AvgIpc) is 3.37. The van der Waals surface area contributed by atoms with Crippen LogP contribution in [-0.2, 0) is 23.4 Å². The van der Waals surface area contributed by atoms with E-state index in [4.69, 9.17) is 26.2 Å². The molecule has 2 heterocycles. The van der Waals surface area contributed by atoms with Gasteiger partial charge in [0.2, 0.25) is 5.60 Å². The number of aliphatic hydroxyl groups is 1. The first kappa shape index (κ1) is 33.0. The van der Waals surface area contributed by atoms with Crippen molar-refractivity contribution in [1.29, 1.82) is 0 Å². The number of halogens is 4. The van der Waals surface area contributed by atoms with Crippen LogP contribution in [0.2, 0.25) is 5.02 Å². The lowest BCUT2D eigenvalue weighted by atomic mass is 9.91. The maximum Gasteiger partial charge on any atom is 0.422 e. The molecule has 1 aliphatic rings. The van der Waals surface area contributed by atoms with Gasteiger partial charge in [-0.25, -0.2) is 0 Å². The number of β-amino-alcohol motifs (C(OH)–C–C–N with tert-alkyl or cyclic N) is 1. The standard InChI is InChI=1S/C32H31ClF3N3O7/c1-45-29-14-20(15-30(40)41)6-9-28(29)46-23-10-12-37(13-11-23)19-31(42,32(34,35)36)25-18-38(17-21-4-2-3-5-26(21)33)27-16-22(39(43)44)7-8-24(25)27/h2-9,14,16,18,23,42H,10-13,15,17,19H2,1H3,(H,40,41). The lowest BCUT2D eigenvalue weighted by molar-refractivity contribution is -0.384. The Morgan fingerprint density at radius 2 is 1.80 bits per heavy atom. The Bertz CT molecular complexity index is 1750. The average molecular weight is 662 g/mol. The van der Waals surface area contributed by atoms with Gasteiger partial charge >= 0.3 is 12.1 Å². The number of piperidine rings is 1. The highest BCUT2D eigenvalue weighted by Gasteiger charge is 2.57. The van der Waals surface area contributed by atoms with E-state index in [1.807, 2.05) is 0 Å². The third kappa shape index (κ3) is 6.91. The molecule has 1 aromatic heterocycles. The highest BCUT2D eigenvalue weighted by atomic mass is 35.5. The zero-order valence-electron chi connectivity index (χ0n) is 24.7. The van der Waals surface area contributed by atoms with Crippen molar-refractivity contribution in [1.82, 2.24) is 9.47 Å². The highest BCUT2D eigenvalue weighted by molar-refractivity contribution is 6.31. The number of fused-ring (bicyclic) bond motifs is 1. The van der Waals surface area contributed by atoms with Crippen molar-refractivity contribution in [2.45, 2.75) is 43.7 Å². The molecule has 1 fully saturated rings. The summed E-state index contributed by atoms with van der Waals surface area (Å²) in [4.78, 5) is 23.5. The predicted molar refractivity (Wildman–Crippen MR) is 164 cm³/mol. The van der Waals surface area contributed by atoms with Crippen molar-refractivity contribution >= 4 is 34.2 Å². The Kier molecular flexibility index (Phi) is 9.47. The maximum absolute atomic E-state index is 14.8.